The number of likely N-dealkylation sites (tertiary alicyclic amines) is 1. The average molecular weight is 252 g/mol. The molecule has 0 spiro atoms. The fraction of sp³-hybridized carbons (Fsp3) is 0.857. The van der Waals surface area contributed by atoms with E-state index >= 15 is 0 Å². The van der Waals surface area contributed by atoms with Gasteiger partial charge < -0.3 is 5.32 Å². The molecule has 18 heavy (non-hydrogen) atoms. The highest BCUT2D eigenvalue weighted by molar-refractivity contribution is 5.98. The van der Waals surface area contributed by atoms with Gasteiger partial charge in [0.05, 0.1) is 0 Å². The van der Waals surface area contributed by atoms with Crippen molar-refractivity contribution in [2.45, 2.75) is 46.5 Å². The van der Waals surface area contributed by atoms with Crippen LogP contribution in [0.2, 0.25) is 0 Å². The number of piperidine rings is 2. The topological polar surface area (TPSA) is 49.4 Å². The van der Waals surface area contributed by atoms with E-state index in [9.17, 15) is 9.59 Å². The summed E-state index contributed by atoms with van der Waals surface area (Å²) in [4.78, 5) is 25.8. The molecule has 4 nitrogen and oxygen atoms in total. The number of nitrogens with zero attached hydrogens (tertiary/aromatic N) is 1. The van der Waals surface area contributed by atoms with Crippen molar-refractivity contribution in [3.63, 3.8) is 0 Å². The summed E-state index contributed by atoms with van der Waals surface area (Å²) in [5, 5.41) is 3.32. The van der Waals surface area contributed by atoms with E-state index in [-0.39, 0.29) is 22.6 Å². The first-order chi connectivity index (χ1) is 8.31. The Balaban J connectivity index is 2.05. The van der Waals surface area contributed by atoms with Crippen LogP contribution >= 0.6 is 0 Å². The highest BCUT2D eigenvalue weighted by atomic mass is 16.2. The van der Waals surface area contributed by atoms with Crippen LogP contribution in [0.5, 0.6) is 0 Å². The zero-order valence-corrected chi connectivity index (χ0v) is 11.7. The fourth-order valence-corrected chi connectivity index (χ4v) is 2.96. The minimum absolute atomic E-state index is 0.0102. The molecule has 0 unspecified atom stereocenters. The quantitative estimate of drug-likeness (QED) is 0.759. The summed E-state index contributed by atoms with van der Waals surface area (Å²) in [5.74, 6) is 0.0204. The van der Waals surface area contributed by atoms with Crippen LogP contribution in [0, 0.1) is 10.8 Å². The highest BCUT2D eigenvalue weighted by Crippen LogP contribution is 2.35. The Hall–Kier alpha value is -0.900. The van der Waals surface area contributed by atoms with Crippen LogP contribution < -0.4 is 5.32 Å². The molecule has 2 saturated heterocycles. The van der Waals surface area contributed by atoms with Gasteiger partial charge >= 0.3 is 0 Å². The van der Waals surface area contributed by atoms with E-state index in [1.807, 2.05) is 13.8 Å². The first kappa shape index (κ1) is 13.5. The number of hydrogen-bond acceptors (Lipinski definition) is 3. The van der Waals surface area contributed by atoms with Gasteiger partial charge in [0.2, 0.25) is 11.8 Å². The molecule has 2 aliphatic rings. The molecule has 1 N–H and O–H groups in total. The maximum Gasteiger partial charge on any atom is 0.229 e. The predicted octanol–water partition coefficient (Wildman–Crippen LogP) is 1.55. The Morgan fingerprint density at radius 3 is 2.06 bits per heavy atom. The summed E-state index contributed by atoms with van der Waals surface area (Å²) in [7, 11) is 0. The first-order valence-electron chi connectivity index (χ1n) is 6.85. The van der Waals surface area contributed by atoms with Gasteiger partial charge in [-0.3, -0.25) is 14.5 Å². The van der Waals surface area contributed by atoms with Crippen LogP contribution in [0.3, 0.4) is 0 Å². The number of hydrogen-bond donors (Lipinski definition) is 1. The maximum absolute atomic E-state index is 12.1. The van der Waals surface area contributed by atoms with Crippen molar-refractivity contribution in [2.75, 3.05) is 19.6 Å². The number of amides is 2. The van der Waals surface area contributed by atoms with Crippen LogP contribution in [0.15, 0.2) is 0 Å². The zero-order valence-electron chi connectivity index (χ0n) is 11.7. The SMILES string of the molecule is CC1(C)CC(=O)N(CC2(C)CCNCC2)C(=O)C1. The van der Waals surface area contributed by atoms with E-state index in [0.29, 0.717) is 19.4 Å². The predicted molar refractivity (Wildman–Crippen MR) is 69.9 cm³/mol. The zero-order chi connectivity index (χ0) is 13.4. The van der Waals surface area contributed by atoms with Crippen molar-refractivity contribution in [1.82, 2.24) is 10.2 Å². The molecule has 0 aromatic carbocycles. The molecule has 0 bridgehead atoms. The van der Waals surface area contributed by atoms with Crippen molar-refractivity contribution in [3.05, 3.63) is 0 Å². The molecule has 2 rings (SSSR count). The molecule has 4 heteroatoms. The molecule has 2 fully saturated rings. The van der Waals surface area contributed by atoms with Crippen LogP contribution in [-0.2, 0) is 9.59 Å². The Kier molecular flexibility index (Phi) is 3.49. The fourth-order valence-electron chi connectivity index (χ4n) is 2.96. The van der Waals surface area contributed by atoms with Crippen molar-refractivity contribution in [3.8, 4) is 0 Å². The molecule has 0 atom stereocenters. The van der Waals surface area contributed by atoms with E-state index in [2.05, 4.69) is 12.2 Å². The Labute approximate surface area is 109 Å². The summed E-state index contributed by atoms with van der Waals surface area (Å²) in [6, 6.07) is 0. The standard InChI is InChI=1S/C14H24N2O2/c1-13(2)8-11(17)16(12(18)9-13)10-14(3)4-6-15-7-5-14/h15H,4-10H2,1-3H3. The Morgan fingerprint density at radius 2 is 1.56 bits per heavy atom. The van der Waals surface area contributed by atoms with Gasteiger partial charge in [-0.1, -0.05) is 20.8 Å². The molecule has 0 aromatic rings. The molecular formula is C14H24N2O2. The lowest BCUT2D eigenvalue weighted by Gasteiger charge is -2.41. The monoisotopic (exact) mass is 252 g/mol. The van der Waals surface area contributed by atoms with Crippen LogP contribution in [0.1, 0.15) is 46.5 Å². The average Bonchev–Trinajstić information content (AvgIpc) is 2.23. The Morgan fingerprint density at radius 1 is 1.06 bits per heavy atom. The van der Waals surface area contributed by atoms with E-state index in [1.165, 1.54) is 4.90 Å². The third-order valence-corrected chi connectivity index (χ3v) is 4.21. The second kappa shape index (κ2) is 4.65. The lowest BCUT2D eigenvalue weighted by atomic mass is 9.77. The summed E-state index contributed by atoms with van der Waals surface area (Å²) in [5.41, 5.74) is -0.0717. The normalized spacial score (nSPS) is 27.4. The minimum Gasteiger partial charge on any atom is -0.317 e. The van der Waals surface area contributed by atoms with Gasteiger partial charge in [0.1, 0.15) is 0 Å². The van der Waals surface area contributed by atoms with Crippen molar-refractivity contribution in [2.24, 2.45) is 10.8 Å². The van der Waals surface area contributed by atoms with E-state index in [4.69, 9.17) is 0 Å². The van der Waals surface area contributed by atoms with Gasteiger partial charge in [0.25, 0.3) is 0 Å². The molecule has 0 aromatic heterocycles. The Bertz CT molecular complexity index is 337. The number of nitrogens with one attached hydrogen (secondary N) is 1. The summed E-state index contributed by atoms with van der Waals surface area (Å²) in [6.45, 7) is 8.74. The smallest absolute Gasteiger partial charge is 0.229 e. The number of imide groups is 1. The second-order valence-corrected chi connectivity index (χ2v) is 6.95. The highest BCUT2D eigenvalue weighted by Gasteiger charge is 2.40. The third kappa shape index (κ3) is 2.91. The van der Waals surface area contributed by atoms with Gasteiger partial charge in [-0.15, -0.1) is 0 Å². The van der Waals surface area contributed by atoms with Crippen LogP contribution in [0.4, 0.5) is 0 Å². The second-order valence-electron chi connectivity index (χ2n) is 6.95. The van der Waals surface area contributed by atoms with Gasteiger partial charge in [-0.05, 0) is 36.8 Å². The number of carbonyl (C=O) groups is 2. The number of rotatable bonds is 2. The van der Waals surface area contributed by atoms with Crippen molar-refractivity contribution >= 4 is 11.8 Å². The van der Waals surface area contributed by atoms with Gasteiger partial charge in [0.15, 0.2) is 0 Å². The molecule has 2 amide bonds. The van der Waals surface area contributed by atoms with Gasteiger partial charge in [-0.25, -0.2) is 0 Å². The van der Waals surface area contributed by atoms with E-state index < -0.39 is 0 Å². The van der Waals surface area contributed by atoms with Gasteiger partial charge in [-0.2, -0.15) is 0 Å². The lowest BCUT2D eigenvalue weighted by molar-refractivity contribution is -0.154. The third-order valence-electron chi connectivity index (χ3n) is 4.21. The van der Waals surface area contributed by atoms with E-state index in [0.717, 1.165) is 25.9 Å². The maximum atomic E-state index is 12.1. The molecule has 2 heterocycles. The number of carbonyl (C=O) groups excluding carboxylic acids is 2. The summed E-state index contributed by atoms with van der Waals surface area (Å²) < 4.78 is 0. The molecular weight excluding hydrogens is 228 g/mol. The first-order valence-corrected chi connectivity index (χ1v) is 6.85. The molecule has 102 valence electrons. The molecule has 2 aliphatic heterocycles. The summed E-state index contributed by atoms with van der Waals surface area (Å²) >= 11 is 0. The van der Waals surface area contributed by atoms with E-state index in [1.54, 1.807) is 0 Å². The lowest BCUT2D eigenvalue weighted by Crippen LogP contribution is -2.51. The largest absolute Gasteiger partial charge is 0.317 e. The van der Waals surface area contributed by atoms with Crippen LogP contribution in [0.25, 0.3) is 0 Å². The van der Waals surface area contributed by atoms with Gasteiger partial charge in [0, 0.05) is 19.4 Å². The molecule has 0 aliphatic carbocycles. The summed E-state index contributed by atoms with van der Waals surface area (Å²) in [6.07, 6.45) is 3.06. The molecule has 0 saturated carbocycles. The molecule has 0 radical (unpaired) electrons. The minimum atomic E-state index is -0.167. The van der Waals surface area contributed by atoms with Crippen LogP contribution in [-0.4, -0.2) is 36.3 Å². The van der Waals surface area contributed by atoms with Crippen molar-refractivity contribution < 1.29 is 9.59 Å². The van der Waals surface area contributed by atoms with Crippen molar-refractivity contribution in [1.29, 1.82) is 0 Å².